The maximum Gasteiger partial charge on any atom is 0.323 e. The smallest absolute Gasteiger partial charge is 0.323 e. The van der Waals surface area contributed by atoms with E-state index in [1.165, 1.54) is 21.3 Å². The molecule has 0 unspecified atom stereocenters. The molecule has 0 saturated carbocycles. The number of ether oxygens (including phenoxy) is 2. The Bertz CT molecular complexity index is 585. The number of carbonyl (C=O) groups excluding carboxylic acids is 1. The molecule has 0 aromatic heterocycles. The first-order valence-corrected chi connectivity index (χ1v) is 5.69. The highest BCUT2D eigenvalue weighted by Gasteiger charge is 2.27. The number of amides is 1. The first-order valence-electron chi connectivity index (χ1n) is 5.69. The van der Waals surface area contributed by atoms with Crippen molar-refractivity contribution in [1.29, 1.82) is 0 Å². The number of nitrogens with zero attached hydrogens (tertiary/aromatic N) is 2. The van der Waals surface area contributed by atoms with Gasteiger partial charge in [0.1, 0.15) is 12.1 Å². The monoisotopic (exact) mass is 298 g/mol. The Morgan fingerprint density at radius 3 is 2.24 bits per heavy atom. The summed E-state index contributed by atoms with van der Waals surface area (Å²) < 4.78 is 9.93. The second kappa shape index (κ2) is 6.55. The third kappa shape index (κ3) is 3.59. The van der Waals surface area contributed by atoms with E-state index in [0.29, 0.717) is 0 Å². The van der Waals surface area contributed by atoms with Gasteiger partial charge in [-0.15, -0.1) is 0 Å². The van der Waals surface area contributed by atoms with E-state index in [4.69, 9.17) is 14.6 Å². The minimum atomic E-state index is -1.23. The molecule has 1 amide bonds. The van der Waals surface area contributed by atoms with Gasteiger partial charge < -0.3 is 19.5 Å². The van der Waals surface area contributed by atoms with Crippen LogP contribution in [0.2, 0.25) is 0 Å². The average Bonchev–Trinajstić information content (AvgIpc) is 2.43. The molecule has 0 spiro atoms. The summed E-state index contributed by atoms with van der Waals surface area (Å²) in [6.07, 6.45) is 0. The van der Waals surface area contributed by atoms with E-state index >= 15 is 0 Å². The molecular formula is C12H14N2O7. The van der Waals surface area contributed by atoms with E-state index in [-0.39, 0.29) is 17.1 Å². The standard InChI is InChI=1S/C12H14N2O7/c1-13(6-11(15)16)12(17)7-4-9(20-2)10(21-3)5-8(7)14(18)19/h4-5H,6H2,1-3H3,(H,15,16). The van der Waals surface area contributed by atoms with Crippen LogP contribution in [0.3, 0.4) is 0 Å². The Balaban J connectivity index is 3.35. The van der Waals surface area contributed by atoms with Crippen LogP contribution in [0, 0.1) is 10.1 Å². The molecular weight excluding hydrogens is 284 g/mol. The molecule has 114 valence electrons. The van der Waals surface area contributed by atoms with Gasteiger partial charge in [-0.3, -0.25) is 19.7 Å². The number of benzene rings is 1. The molecule has 1 aromatic carbocycles. The number of hydrogen-bond donors (Lipinski definition) is 1. The molecule has 0 atom stereocenters. The third-order valence-electron chi connectivity index (χ3n) is 2.65. The Hall–Kier alpha value is -2.84. The van der Waals surface area contributed by atoms with Crippen LogP contribution in [0.15, 0.2) is 12.1 Å². The van der Waals surface area contributed by atoms with Crippen LogP contribution in [0.4, 0.5) is 5.69 Å². The van der Waals surface area contributed by atoms with Gasteiger partial charge >= 0.3 is 5.97 Å². The minimum Gasteiger partial charge on any atom is -0.493 e. The number of carboxylic acids is 1. The third-order valence-corrected chi connectivity index (χ3v) is 2.65. The summed E-state index contributed by atoms with van der Waals surface area (Å²) in [4.78, 5) is 33.9. The number of carboxylic acid groups (broad SMARTS) is 1. The van der Waals surface area contributed by atoms with Gasteiger partial charge in [-0.25, -0.2) is 0 Å². The number of nitro benzene ring substituents is 1. The SMILES string of the molecule is COc1cc(C(=O)N(C)CC(=O)O)c([N+](=O)[O-])cc1OC. The molecule has 0 fully saturated rings. The molecule has 0 radical (unpaired) electrons. The molecule has 9 heteroatoms. The normalized spacial score (nSPS) is 9.86. The van der Waals surface area contributed by atoms with E-state index in [1.54, 1.807) is 0 Å². The molecule has 1 rings (SSSR count). The maximum atomic E-state index is 12.1. The molecule has 1 N–H and O–H groups in total. The highest BCUT2D eigenvalue weighted by atomic mass is 16.6. The van der Waals surface area contributed by atoms with E-state index in [9.17, 15) is 19.7 Å². The van der Waals surface area contributed by atoms with Crippen molar-refractivity contribution in [2.75, 3.05) is 27.8 Å². The largest absolute Gasteiger partial charge is 0.493 e. The van der Waals surface area contributed by atoms with Gasteiger partial charge in [-0.1, -0.05) is 0 Å². The van der Waals surface area contributed by atoms with Gasteiger partial charge in [-0.05, 0) is 0 Å². The van der Waals surface area contributed by atoms with Gasteiger partial charge in [0.15, 0.2) is 11.5 Å². The first-order chi connectivity index (χ1) is 9.81. The van der Waals surface area contributed by atoms with Crippen molar-refractivity contribution < 1.29 is 29.1 Å². The van der Waals surface area contributed by atoms with E-state index in [1.807, 2.05) is 0 Å². The van der Waals surface area contributed by atoms with Gasteiger partial charge in [0, 0.05) is 13.1 Å². The zero-order valence-electron chi connectivity index (χ0n) is 11.7. The predicted molar refractivity (Wildman–Crippen MR) is 70.8 cm³/mol. The van der Waals surface area contributed by atoms with Crippen LogP contribution in [0.25, 0.3) is 0 Å². The summed E-state index contributed by atoms with van der Waals surface area (Å²) in [7, 11) is 3.86. The molecule has 21 heavy (non-hydrogen) atoms. The highest BCUT2D eigenvalue weighted by molar-refractivity contribution is 6.00. The van der Waals surface area contributed by atoms with Crippen molar-refractivity contribution in [2.45, 2.75) is 0 Å². The molecule has 9 nitrogen and oxygen atoms in total. The van der Waals surface area contributed by atoms with Gasteiger partial charge in [0.05, 0.1) is 25.2 Å². The lowest BCUT2D eigenvalue weighted by Gasteiger charge is -2.16. The lowest BCUT2D eigenvalue weighted by molar-refractivity contribution is -0.385. The molecule has 1 aromatic rings. The van der Waals surface area contributed by atoms with Crippen molar-refractivity contribution in [3.05, 3.63) is 27.8 Å². The van der Waals surface area contributed by atoms with Crippen molar-refractivity contribution in [3.63, 3.8) is 0 Å². The first kappa shape index (κ1) is 16.2. The van der Waals surface area contributed by atoms with Crippen LogP contribution in [-0.2, 0) is 4.79 Å². The van der Waals surface area contributed by atoms with Gasteiger partial charge in [0.2, 0.25) is 0 Å². The van der Waals surface area contributed by atoms with Crippen LogP contribution in [0.1, 0.15) is 10.4 Å². The zero-order valence-corrected chi connectivity index (χ0v) is 11.7. The molecule has 0 saturated heterocycles. The Morgan fingerprint density at radius 2 is 1.81 bits per heavy atom. The molecule has 0 bridgehead atoms. The Labute approximate surface area is 119 Å². The quantitative estimate of drug-likeness (QED) is 0.608. The van der Waals surface area contributed by atoms with Crippen molar-refractivity contribution in [3.8, 4) is 11.5 Å². The number of methoxy groups -OCH3 is 2. The lowest BCUT2D eigenvalue weighted by Crippen LogP contribution is -2.32. The van der Waals surface area contributed by atoms with Gasteiger partial charge in [0.25, 0.3) is 11.6 Å². The summed E-state index contributed by atoms with van der Waals surface area (Å²) in [6, 6.07) is 2.21. The lowest BCUT2D eigenvalue weighted by atomic mass is 10.1. The topological polar surface area (TPSA) is 119 Å². The number of likely N-dealkylation sites (N-methyl/N-ethyl adjacent to an activating group) is 1. The Kier molecular flexibility index (Phi) is 5.06. The van der Waals surface area contributed by atoms with Crippen LogP contribution >= 0.6 is 0 Å². The summed E-state index contributed by atoms with van der Waals surface area (Å²) in [5, 5.41) is 19.7. The second-order valence-corrected chi connectivity index (χ2v) is 4.04. The number of rotatable bonds is 6. The van der Waals surface area contributed by atoms with Crippen LogP contribution in [0.5, 0.6) is 11.5 Å². The number of carbonyl (C=O) groups is 2. The molecule has 0 aliphatic carbocycles. The zero-order chi connectivity index (χ0) is 16.2. The minimum absolute atomic E-state index is 0.0987. The van der Waals surface area contributed by atoms with Crippen LogP contribution in [-0.4, -0.2) is 54.6 Å². The average molecular weight is 298 g/mol. The van der Waals surface area contributed by atoms with Crippen LogP contribution < -0.4 is 9.47 Å². The fraction of sp³-hybridized carbons (Fsp3) is 0.333. The number of nitro groups is 1. The second-order valence-electron chi connectivity index (χ2n) is 4.04. The predicted octanol–water partition coefficient (Wildman–Crippen LogP) is 0.769. The summed E-state index contributed by atoms with van der Waals surface area (Å²) in [5.41, 5.74) is -0.767. The van der Waals surface area contributed by atoms with E-state index < -0.39 is 29.0 Å². The number of aliphatic carboxylic acids is 1. The maximum absolute atomic E-state index is 12.1. The van der Waals surface area contributed by atoms with Crippen molar-refractivity contribution in [1.82, 2.24) is 4.90 Å². The summed E-state index contributed by atoms with van der Waals surface area (Å²) in [6.45, 7) is -0.579. The molecule has 0 aliphatic rings. The van der Waals surface area contributed by atoms with Crippen molar-refractivity contribution >= 4 is 17.6 Å². The van der Waals surface area contributed by atoms with Gasteiger partial charge in [-0.2, -0.15) is 0 Å². The summed E-state index contributed by atoms with van der Waals surface area (Å²) in [5.74, 6) is -1.80. The number of hydrogen-bond acceptors (Lipinski definition) is 6. The Morgan fingerprint density at radius 1 is 1.29 bits per heavy atom. The highest BCUT2D eigenvalue weighted by Crippen LogP contribution is 2.34. The van der Waals surface area contributed by atoms with E-state index in [2.05, 4.69) is 0 Å². The molecule has 0 heterocycles. The fourth-order valence-electron chi connectivity index (χ4n) is 1.67. The van der Waals surface area contributed by atoms with E-state index in [0.717, 1.165) is 17.0 Å². The fourth-order valence-corrected chi connectivity index (χ4v) is 1.67. The summed E-state index contributed by atoms with van der Waals surface area (Å²) >= 11 is 0. The molecule has 0 aliphatic heterocycles. The van der Waals surface area contributed by atoms with Crippen molar-refractivity contribution in [2.24, 2.45) is 0 Å².